The molecular formula is C36H54O4. The van der Waals surface area contributed by atoms with Crippen molar-refractivity contribution in [3.63, 3.8) is 0 Å². The van der Waals surface area contributed by atoms with Crippen LogP contribution in [0, 0.1) is 0 Å². The molecule has 2 rings (SSSR count). The molecule has 4 heteroatoms. The second-order valence-corrected chi connectivity index (χ2v) is 10.5. The van der Waals surface area contributed by atoms with E-state index in [-0.39, 0.29) is 11.5 Å². The number of rotatable bonds is 19. The van der Waals surface area contributed by atoms with Crippen molar-refractivity contribution in [3.05, 3.63) is 71.8 Å². The molecule has 0 atom stereocenters. The summed E-state index contributed by atoms with van der Waals surface area (Å²) in [7, 11) is 0. The SMILES string of the molecule is CCC(=C(CC)c1ccc(O)cc1)c1ccc(O)cc1.CCCCCCCCC=CCCCCCCCC(=O)O. The molecule has 0 saturated carbocycles. The summed E-state index contributed by atoms with van der Waals surface area (Å²) < 4.78 is 0. The van der Waals surface area contributed by atoms with Crippen LogP contribution in [0.2, 0.25) is 0 Å². The molecule has 0 amide bonds. The smallest absolute Gasteiger partial charge is 0.303 e. The fourth-order valence-corrected chi connectivity index (χ4v) is 4.86. The molecule has 4 nitrogen and oxygen atoms in total. The van der Waals surface area contributed by atoms with Gasteiger partial charge in [-0.05, 0) is 91.5 Å². The second-order valence-electron chi connectivity index (χ2n) is 10.5. The minimum atomic E-state index is -0.664. The van der Waals surface area contributed by atoms with Crippen molar-refractivity contribution < 1.29 is 20.1 Å². The Kier molecular flexibility index (Phi) is 19.9. The third-order valence-corrected chi connectivity index (χ3v) is 7.16. The molecule has 0 aliphatic rings. The van der Waals surface area contributed by atoms with Gasteiger partial charge < -0.3 is 15.3 Å². The summed E-state index contributed by atoms with van der Waals surface area (Å²) in [4.78, 5) is 10.3. The Morgan fingerprint density at radius 3 is 1.32 bits per heavy atom. The van der Waals surface area contributed by atoms with Crippen LogP contribution in [0.15, 0.2) is 60.7 Å². The van der Waals surface area contributed by atoms with Crippen LogP contribution in [0.3, 0.4) is 0 Å². The maximum absolute atomic E-state index is 10.3. The van der Waals surface area contributed by atoms with E-state index in [4.69, 9.17) is 5.11 Å². The predicted molar refractivity (Wildman–Crippen MR) is 171 cm³/mol. The number of benzene rings is 2. The van der Waals surface area contributed by atoms with Crippen LogP contribution < -0.4 is 0 Å². The number of phenols is 2. The first-order valence-electron chi connectivity index (χ1n) is 15.6. The molecule has 0 saturated heterocycles. The largest absolute Gasteiger partial charge is 0.508 e. The van der Waals surface area contributed by atoms with Crippen LogP contribution in [-0.4, -0.2) is 21.3 Å². The third-order valence-electron chi connectivity index (χ3n) is 7.16. The van der Waals surface area contributed by atoms with E-state index in [0.717, 1.165) is 36.8 Å². The van der Waals surface area contributed by atoms with E-state index in [1.165, 1.54) is 81.8 Å². The van der Waals surface area contributed by atoms with E-state index >= 15 is 0 Å². The van der Waals surface area contributed by atoms with Crippen molar-refractivity contribution in [2.75, 3.05) is 0 Å². The number of aliphatic carboxylic acids is 1. The molecule has 2 aromatic carbocycles. The first-order valence-corrected chi connectivity index (χ1v) is 15.6. The highest BCUT2D eigenvalue weighted by atomic mass is 16.4. The first kappa shape index (κ1) is 35.0. The van der Waals surface area contributed by atoms with Gasteiger partial charge in [0.1, 0.15) is 11.5 Å². The summed E-state index contributed by atoms with van der Waals surface area (Å²) in [6, 6.07) is 14.7. The quantitative estimate of drug-likeness (QED) is 0.0923. The summed E-state index contributed by atoms with van der Waals surface area (Å²) in [5, 5.41) is 27.3. The molecule has 40 heavy (non-hydrogen) atoms. The molecule has 0 aromatic heterocycles. The zero-order valence-electron chi connectivity index (χ0n) is 25.3. The second kappa shape index (κ2) is 22.8. The fourth-order valence-electron chi connectivity index (χ4n) is 4.86. The van der Waals surface area contributed by atoms with Gasteiger partial charge >= 0.3 is 5.97 Å². The van der Waals surface area contributed by atoms with Crippen LogP contribution in [0.25, 0.3) is 11.1 Å². The number of carboxylic acids is 1. The van der Waals surface area contributed by atoms with Crippen molar-refractivity contribution >= 4 is 17.1 Å². The predicted octanol–water partition coefficient (Wildman–Crippen LogP) is 10.9. The molecule has 0 aliphatic heterocycles. The Hall–Kier alpha value is -3.01. The average Bonchev–Trinajstić information content (AvgIpc) is 2.95. The number of carbonyl (C=O) groups is 1. The highest BCUT2D eigenvalue weighted by Gasteiger charge is 2.09. The van der Waals surface area contributed by atoms with Crippen molar-refractivity contribution in [2.45, 2.75) is 124 Å². The number of aromatic hydroxyl groups is 2. The zero-order valence-corrected chi connectivity index (χ0v) is 25.3. The van der Waals surface area contributed by atoms with Crippen LogP contribution in [-0.2, 0) is 4.79 Å². The van der Waals surface area contributed by atoms with Crippen LogP contribution in [0.1, 0.15) is 135 Å². The maximum atomic E-state index is 10.3. The molecule has 222 valence electrons. The van der Waals surface area contributed by atoms with Gasteiger partial charge in [-0.25, -0.2) is 0 Å². The van der Waals surface area contributed by atoms with Gasteiger partial charge in [0.2, 0.25) is 0 Å². The van der Waals surface area contributed by atoms with Gasteiger partial charge in [-0.3, -0.25) is 4.79 Å². The standard InChI is InChI=1S/C18H20O2.C18H34O2/c1-3-17(13-5-9-15(19)10-6-13)18(4-2)14-7-11-16(20)12-8-14;1-2-3-4-5-6-7-8-9-10-11-12-13-14-15-16-17-18(19)20/h5-12,19-20H,3-4H2,1-2H3;9-10H,2-8,11-17H2,1H3,(H,19,20). The number of hydrogen-bond acceptors (Lipinski definition) is 3. The fraction of sp³-hybridized carbons (Fsp3) is 0.528. The lowest BCUT2D eigenvalue weighted by molar-refractivity contribution is -0.137. The summed E-state index contributed by atoms with van der Waals surface area (Å²) >= 11 is 0. The molecule has 0 bridgehead atoms. The summed E-state index contributed by atoms with van der Waals surface area (Å²) in [6.07, 6.45) is 23.1. The molecule has 0 fully saturated rings. The Labute approximate surface area is 243 Å². The monoisotopic (exact) mass is 550 g/mol. The molecule has 3 N–H and O–H groups in total. The van der Waals surface area contributed by atoms with E-state index < -0.39 is 5.97 Å². The van der Waals surface area contributed by atoms with Crippen LogP contribution in [0.4, 0.5) is 0 Å². The summed E-state index contributed by atoms with van der Waals surface area (Å²) in [5.41, 5.74) is 4.82. The minimum absolute atomic E-state index is 0.284. The van der Waals surface area contributed by atoms with Crippen LogP contribution >= 0.6 is 0 Å². The molecule has 0 aliphatic carbocycles. The zero-order chi connectivity index (χ0) is 29.4. The molecule has 2 aromatic rings. The number of carboxylic acid groups (broad SMARTS) is 1. The van der Waals surface area contributed by atoms with E-state index in [9.17, 15) is 15.0 Å². The van der Waals surface area contributed by atoms with Gasteiger partial charge in [-0.2, -0.15) is 0 Å². The lowest BCUT2D eigenvalue weighted by Crippen LogP contribution is -1.93. The van der Waals surface area contributed by atoms with Gasteiger partial charge in [-0.15, -0.1) is 0 Å². The number of unbranched alkanes of at least 4 members (excludes halogenated alkanes) is 11. The van der Waals surface area contributed by atoms with E-state index in [1.54, 1.807) is 24.3 Å². The van der Waals surface area contributed by atoms with E-state index in [2.05, 4.69) is 32.9 Å². The lowest BCUT2D eigenvalue weighted by Gasteiger charge is -2.14. The highest BCUT2D eigenvalue weighted by Crippen LogP contribution is 2.32. The number of hydrogen-bond donors (Lipinski definition) is 3. The molecule has 0 unspecified atom stereocenters. The van der Waals surface area contributed by atoms with Crippen molar-refractivity contribution in [3.8, 4) is 11.5 Å². The van der Waals surface area contributed by atoms with Crippen molar-refractivity contribution in [1.29, 1.82) is 0 Å². The van der Waals surface area contributed by atoms with E-state index in [0.29, 0.717) is 6.42 Å². The Bertz CT molecular complexity index is 915. The molecule has 0 spiro atoms. The summed E-state index contributed by atoms with van der Waals surface area (Å²) in [5.74, 6) is -0.0959. The highest BCUT2D eigenvalue weighted by molar-refractivity contribution is 5.90. The normalized spacial score (nSPS) is 11.7. The van der Waals surface area contributed by atoms with Gasteiger partial charge in [-0.1, -0.05) is 109 Å². The minimum Gasteiger partial charge on any atom is -0.508 e. The number of allylic oxidation sites excluding steroid dienone is 4. The number of phenolic OH excluding ortho intramolecular Hbond substituents is 2. The van der Waals surface area contributed by atoms with Gasteiger partial charge in [0.05, 0.1) is 0 Å². The molecular weight excluding hydrogens is 496 g/mol. The Morgan fingerprint density at radius 2 is 0.950 bits per heavy atom. The van der Waals surface area contributed by atoms with Gasteiger partial charge in [0.15, 0.2) is 0 Å². The van der Waals surface area contributed by atoms with Crippen LogP contribution in [0.5, 0.6) is 11.5 Å². The van der Waals surface area contributed by atoms with E-state index in [1.807, 2.05) is 24.3 Å². The topological polar surface area (TPSA) is 77.8 Å². The third kappa shape index (κ3) is 16.2. The molecule has 0 radical (unpaired) electrons. The molecule has 0 heterocycles. The lowest BCUT2D eigenvalue weighted by atomic mass is 9.91. The maximum Gasteiger partial charge on any atom is 0.303 e. The van der Waals surface area contributed by atoms with Gasteiger partial charge in [0.25, 0.3) is 0 Å². The van der Waals surface area contributed by atoms with Crippen molar-refractivity contribution in [1.82, 2.24) is 0 Å². The average molecular weight is 551 g/mol. The summed E-state index contributed by atoms with van der Waals surface area (Å²) in [6.45, 7) is 6.53. The van der Waals surface area contributed by atoms with Crippen molar-refractivity contribution in [2.24, 2.45) is 0 Å². The Morgan fingerprint density at radius 1 is 0.575 bits per heavy atom. The Balaban J connectivity index is 0.000000400. The first-order chi connectivity index (χ1) is 19.4. The van der Waals surface area contributed by atoms with Gasteiger partial charge in [0, 0.05) is 6.42 Å².